The molecule has 0 aromatic rings. The Morgan fingerprint density at radius 3 is 1.31 bits per heavy atom. The molecule has 0 atom stereocenters. The first-order chi connectivity index (χ1) is 7.74. The van der Waals surface area contributed by atoms with Gasteiger partial charge in [0.1, 0.15) is 0 Å². The molecule has 0 bridgehead atoms. The Balaban J connectivity index is 4.32. The molecule has 0 rings (SSSR count). The van der Waals surface area contributed by atoms with E-state index in [1.807, 2.05) is 0 Å². The van der Waals surface area contributed by atoms with Crippen molar-refractivity contribution < 1.29 is 0 Å². The van der Waals surface area contributed by atoms with E-state index in [1.54, 1.807) is 18.5 Å². The van der Waals surface area contributed by atoms with Crippen molar-refractivity contribution in [3.8, 4) is 0 Å². The molecule has 0 saturated carbocycles. The summed E-state index contributed by atoms with van der Waals surface area (Å²) in [5, 5.41) is 1.23. The Hall–Kier alpha value is 0.910. The molecular formula is C14H31BrP+. The number of hydrogen-bond donors (Lipinski definition) is 0. The predicted octanol–water partition coefficient (Wildman–Crippen LogP) is 5.80. The van der Waals surface area contributed by atoms with Crippen LogP contribution in [0.5, 0.6) is 0 Å². The molecule has 0 aliphatic heterocycles. The van der Waals surface area contributed by atoms with Crippen molar-refractivity contribution in [2.45, 2.75) is 59.3 Å². The summed E-state index contributed by atoms with van der Waals surface area (Å²) in [4.78, 5) is 0. The lowest BCUT2D eigenvalue weighted by atomic mass is 10.4. The van der Waals surface area contributed by atoms with Crippen LogP contribution in [-0.2, 0) is 0 Å². The molecule has 2 heteroatoms. The van der Waals surface area contributed by atoms with E-state index in [9.17, 15) is 0 Å². The third-order valence-electron chi connectivity index (χ3n) is 3.52. The highest BCUT2D eigenvalue weighted by molar-refractivity contribution is 9.09. The number of unbranched alkanes of at least 4 members (excludes halogenated alkanes) is 3. The van der Waals surface area contributed by atoms with Crippen LogP contribution in [-0.4, -0.2) is 30.0 Å². The molecule has 0 heterocycles. The molecule has 0 saturated heterocycles. The predicted molar refractivity (Wildman–Crippen MR) is 84.9 cm³/mol. The molecule has 0 aliphatic rings. The van der Waals surface area contributed by atoms with E-state index in [0.29, 0.717) is 0 Å². The van der Waals surface area contributed by atoms with Gasteiger partial charge in [-0.15, -0.1) is 0 Å². The SMILES string of the molecule is CCCC[P+](CCBr)(CCCC)CCCC. The largest absolute Gasteiger partial charge is 0.0889 e. The first kappa shape index (κ1) is 16.9. The lowest BCUT2D eigenvalue weighted by molar-refractivity contribution is 0.834. The van der Waals surface area contributed by atoms with E-state index >= 15 is 0 Å². The van der Waals surface area contributed by atoms with Crippen LogP contribution >= 0.6 is 23.2 Å². The Kier molecular flexibility index (Phi) is 11.7. The van der Waals surface area contributed by atoms with Crippen LogP contribution in [0, 0.1) is 0 Å². The van der Waals surface area contributed by atoms with E-state index in [1.165, 1.54) is 50.0 Å². The maximum atomic E-state index is 3.69. The van der Waals surface area contributed by atoms with Gasteiger partial charge in [0.2, 0.25) is 0 Å². The zero-order valence-corrected chi connectivity index (χ0v) is 14.1. The number of halogens is 1. The maximum Gasteiger partial charge on any atom is 0.0691 e. The van der Waals surface area contributed by atoms with Gasteiger partial charge in [-0.3, -0.25) is 0 Å². The molecule has 0 unspecified atom stereocenters. The fourth-order valence-electron chi connectivity index (χ4n) is 2.33. The van der Waals surface area contributed by atoms with Gasteiger partial charge in [0, 0.05) is 12.6 Å². The normalized spacial score (nSPS) is 12.0. The smallest absolute Gasteiger partial charge is 0.0691 e. The minimum Gasteiger partial charge on any atom is -0.0889 e. The third-order valence-corrected chi connectivity index (χ3v) is 9.49. The Morgan fingerprint density at radius 1 is 0.688 bits per heavy atom. The summed E-state index contributed by atoms with van der Waals surface area (Å²) >= 11 is 3.69. The first-order valence-corrected chi connectivity index (χ1v) is 10.8. The molecule has 0 fully saturated rings. The Morgan fingerprint density at radius 2 is 1.06 bits per heavy atom. The summed E-state index contributed by atoms with van der Waals surface area (Å²) in [7, 11) is -0.593. The van der Waals surface area contributed by atoms with E-state index in [-0.39, 0.29) is 0 Å². The average Bonchev–Trinajstić information content (AvgIpc) is 2.31. The second kappa shape index (κ2) is 11.0. The van der Waals surface area contributed by atoms with Crippen LogP contribution < -0.4 is 0 Å². The number of hydrogen-bond acceptors (Lipinski definition) is 0. The third kappa shape index (κ3) is 7.28. The van der Waals surface area contributed by atoms with Gasteiger partial charge in [0.15, 0.2) is 0 Å². The summed E-state index contributed by atoms with van der Waals surface area (Å²) in [6, 6.07) is 0. The van der Waals surface area contributed by atoms with Crippen molar-refractivity contribution in [1.29, 1.82) is 0 Å². The van der Waals surface area contributed by atoms with Crippen LogP contribution in [0.3, 0.4) is 0 Å². The molecule has 0 aromatic carbocycles. The molecule has 0 amide bonds. The van der Waals surface area contributed by atoms with Crippen molar-refractivity contribution in [3.05, 3.63) is 0 Å². The second-order valence-corrected chi connectivity index (χ2v) is 10.3. The van der Waals surface area contributed by atoms with E-state index in [2.05, 4.69) is 36.7 Å². The maximum absolute atomic E-state index is 3.69. The summed E-state index contributed by atoms with van der Waals surface area (Å²) in [5.74, 6) is 0. The number of alkyl halides is 1. The lowest BCUT2D eigenvalue weighted by Gasteiger charge is -2.27. The van der Waals surface area contributed by atoms with Crippen LogP contribution in [0.2, 0.25) is 0 Å². The van der Waals surface area contributed by atoms with E-state index < -0.39 is 7.26 Å². The van der Waals surface area contributed by atoms with Gasteiger partial charge in [0.05, 0.1) is 24.6 Å². The van der Waals surface area contributed by atoms with Crippen molar-refractivity contribution in [2.75, 3.05) is 30.0 Å². The van der Waals surface area contributed by atoms with E-state index in [0.717, 1.165) is 0 Å². The molecule has 0 aromatic heterocycles. The lowest BCUT2D eigenvalue weighted by Crippen LogP contribution is -2.13. The molecule has 0 spiro atoms. The summed E-state index contributed by atoms with van der Waals surface area (Å²) in [6.07, 6.45) is 14.7. The zero-order chi connectivity index (χ0) is 12.3. The number of rotatable bonds is 11. The van der Waals surface area contributed by atoms with Gasteiger partial charge in [0.25, 0.3) is 0 Å². The molecule has 98 valence electrons. The van der Waals surface area contributed by atoms with Crippen molar-refractivity contribution >= 4 is 23.2 Å². The monoisotopic (exact) mass is 309 g/mol. The minimum atomic E-state index is -0.593. The summed E-state index contributed by atoms with van der Waals surface area (Å²) in [6.45, 7) is 7.01. The van der Waals surface area contributed by atoms with Gasteiger partial charge in [-0.2, -0.15) is 0 Å². The minimum absolute atomic E-state index is 0.593. The molecule has 0 radical (unpaired) electrons. The van der Waals surface area contributed by atoms with Crippen molar-refractivity contribution in [3.63, 3.8) is 0 Å². The van der Waals surface area contributed by atoms with E-state index in [4.69, 9.17) is 0 Å². The highest BCUT2D eigenvalue weighted by Gasteiger charge is 2.34. The Labute approximate surface area is 112 Å². The fraction of sp³-hybridized carbons (Fsp3) is 1.00. The van der Waals surface area contributed by atoms with Crippen LogP contribution in [0.15, 0.2) is 0 Å². The zero-order valence-electron chi connectivity index (χ0n) is 11.6. The molecule has 0 N–H and O–H groups in total. The average molecular weight is 310 g/mol. The highest BCUT2D eigenvalue weighted by atomic mass is 79.9. The van der Waals surface area contributed by atoms with Gasteiger partial charge < -0.3 is 0 Å². The highest BCUT2D eigenvalue weighted by Crippen LogP contribution is 2.60. The fourth-order valence-corrected chi connectivity index (χ4v) is 9.25. The summed E-state index contributed by atoms with van der Waals surface area (Å²) in [5.41, 5.74) is 0. The summed E-state index contributed by atoms with van der Waals surface area (Å²) < 4.78 is 0. The standard InChI is InChI=1S/C14H31BrP/c1-4-7-11-16(14-10-15,12-8-5-2)13-9-6-3/h4-14H2,1-3H3/q+1. The van der Waals surface area contributed by atoms with Crippen LogP contribution in [0.25, 0.3) is 0 Å². The van der Waals surface area contributed by atoms with Gasteiger partial charge in [-0.1, -0.05) is 56.0 Å². The van der Waals surface area contributed by atoms with Gasteiger partial charge in [-0.05, 0) is 19.3 Å². The van der Waals surface area contributed by atoms with Crippen molar-refractivity contribution in [2.24, 2.45) is 0 Å². The van der Waals surface area contributed by atoms with Gasteiger partial charge in [-0.25, -0.2) is 0 Å². The van der Waals surface area contributed by atoms with Crippen LogP contribution in [0.4, 0.5) is 0 Å². The molecular weight excluding hydrogens is 279 g/mol. The van der Waals surface area contributed by atoms with Gasteiger partial charge >= 0.3 is 0 Å². The van der Waals surface area contributed by atoms with Crippen molar-refractivity contribution in [1.82, 2.24) is 0 Å². The molecule has 0 nitrogen and oxygen atoms in total. The topological polar surface area (TPSA) is 0 Å². The second-order valence-electron chi connectivity index (χ2n) is 4.99. The quantitative estimate of drug-likeness (QED) is 0.334. The van der Waals surface area contributed by atoms with Crippen LogP contribution in [0.1, 0.15) is 59.3 Å². The first-order valence-electron chi connectivity index (χ1n) is 7.15. The molecule has 0 aliphatic carbocycles. The molecule has 16 heavy (non-hydrogen) atoms. The Bertz CT molecular complexity index is 126.